The zero-order valence-corrected chi connectivity index (χ0v) is 11.5. The van der Waals surface area contributed by atoms with Crippen molar-refractivity contribution in [3.63, 3.8) is 0 Å². The van der Waals surface area contributed by atoms with Crippen molar-refractivity contribution in [2.24, 2.45) is 5.92 Å². The number of aliphatic hydroxyl groups is 1. The summed E-state index contributed by atoms with van der Waals surface area (Å²) >= 11 is 0. The average molecular weight is 270 g/mol. The van der Waals surface area contributed by atoms with Gasteiger partial charge in [0.2, 0.25) is 0 Å². The lowest BCUT2D eigenvalue weighted by Gasteiger charge is -2.12. The number of ether oxygens (including phenoxy) is 1. The number of benzene rings is 1. The van der Waals surface area contributed by atoms with Crippen LogP contribution in [0.5, 0.6) is 5.75 Å². The Morgan fingerprint density at radius 1 is 1.25 bits per heavy atom. The number of para-hydroxylation sites is 1. The standard InChI is InChI=1S/C17H18O3/c1-10-9-13(10)14-5-6-15(20-14)16(18)12-4-2-3-11-7-8-19-17(11)12/h2-6,10,13,16,18H,7-9H2,1H3. The summed E-state index contributed by atoms with van der Waals surface area (Å²) < 4.78 is 11.5. The summed E-state index contributed by atoms with van der Waals surface area (Å²) in [4.78, 5) is 0. The number of furan rings is 1. The Hall–Kier alpha value is -1.74. The van der Waals surface area contributed by atoms with Crippen LogP contribution in [0.25, 0.3) is 0 Å². The lowest BCUT2D eigenvalue weighted by Crippen LogP contribution is -2.01. The lowest BCUT2D eigenvalue weighted by atomic mass is 10.0. The minimum atomic E-state index is -0.745. The average Bonchev–Trinajstić information content (AvgIpc) is 2.90. The van der Waals surface area contributed by atoms with Crippen molar-refractivity contribution in [2.75, 3.05) is 6.61 Å². The third-order valence-corrected chi connectivity index (χ3v) is 4.43. The molecule has 1 fully saturated rings. The van der Waals surface area contributed by atoms with Crippen LogP contribution in [0.2, 0.25) is 0 Å². The Morgan fingerprint density at radius 3 is 2.90 bits per heavy atom. The van der Waals surface area contributed by atoms with E-state index in [9.17, 15) is 5.11 Å². The molecular formula is C17H18O3. The predicted octanol–water partition coefficient (Wildman–Crippen LogP) is 3.42. The Kier molecular flexibility index (Phi) is 2.64. The first kappa shape index (κ1) is 12.0. The summed E-state index contributed by atoms with van der Waals surface area (Å²) in [6, 6.07) is 9.82. The van der Waals surface area contributed by atoms with E-state index < -0.39 is 6.10 Å². The van der Waals surface area contributed by atoms with Gasteiger partial charge < -0.3 is 14.3 Å². The Labute approximate surface area is 118 Å². The minimum absolute atomic E-state index is 0.536. The van der Waals surface area contributed by atoms with Crippen molar-refractivity contribution in [3.05, 3.63) is 53.0 Å². The molecule has 2 heterocycles. The molecule has 20 heavy (non-hydrogen) atoms. The number of hydrogen-bond acceptors (Lipinski definition) is 3. The first-order chi connectivity index (χ1) is 9.74. The summed E-state index contributed by atoms with van der Waals surface area (Å²) in [5.41, 5.74) is 1.98. The second-order valence-electron chi connectivity index (χ2n) is 5.90. The van der Waals surface area contributed by atoms with Crippen molar-refractivity contribution in [1.29, 1.82) is 0 Å². The molecule has 4 rings (SSSR count). The van der Waals surface area contributed by atoms with Crippen molar-refractivity contribution < 1.29 is 14.3 Å². The fraction of sp³-hybridized carbons (Fsp3) is 0.412. The number of rotatable bonds is 3. The molecule has 104 valence electrons. The van der Waals surface area contributed by atoms with Crippen LogP contribution in [0.4, 0.5) is 0 Å². The fourth-order valence-electron chi connectivity index (χ4n) is 3.04. The lowest BCUT2D eigenvalue weighted by molar-refractivity contribution is 0.182. The number of hydrogen-bond donors (Lipinski definition) is 1. The highest BCUT2D eigenvalue weighted by Crippen LogP contribution is 2.48. The molecule has 0 saturated heterocycles. The van der Waals surface area contributed by atoms with E-state index in [1.54, 1.807) is 0 Å². The first-order valence-electron chi connectivity index (χ1n) is 7.26. The van der Waals surface area contributed by atoms with Gasteiger partial charge >= 0.3 is 0 Å². The monoisotopic (exact) mass is 270 g/mol. The predicted molar refractivity (Wildman–Crippen MR) is 74.9 cm³/mol. The zero-order valence-electron chi connectivity index (χ0n) is 11.5. The highest BCUT2D eigenvalue weighted by Gasteiger charge is 2.37. The van der Waals surface area contributed by atoms with Gasteiger partial charge in [-0.05, 0) is 30.0 Å². The molecular weight excluding hydrogens is 252 g/mol. The first-order valence-corrected chi connectivity index (χ1v) is 7.26. The van der Waals surface area contributed by atoms with Gasteiger partial charge in [0, 0.05) is 17.9 Å². The maximum atomic E-state index is 10.6. The Balaban J connectivity index is 1.65. The summed E-state index contributed by atoms with van der Waals surface area (Å²) in [6.45, 7) is 2.92. The Bertz CT molecular complexity index is 643. The van der Waals surface area contributed by atoms with Crippen molar-refractivity contribution in [3.8, 4) is 5.75 Å². The van der Waals surface area contributed by atoms with E-state index in [0.29, 0.717) is 24.2 Å². The molecule has 1 aromatic carbocycles. The van der Waals surface area contributed by atoms with Gasteiger partial charge in [0.1, 0.15) is 23.4 Å². The van der Waals surface area contributed by atoms with Gasteiger partial charge in [-0.1, -0.05) is 25.1 Å². The molecule has 3 nitrogen and oxygen atoms in total. The molecule has 1 N–H and O–H groups in total. The molecule has 0 amide bonds. The maximum absolute atomic E-state index is 10.6. The molecule has 0 spiro atoms. The van der Waals surface area contributed by atoms with E-state index in [4.69, 9.17) is 9.15 Å². The second kappa shape index (κ2) is 4.38. The molecule has 1 aliphatic carbocycles. The van der Waals surface area contributed by atoms with E-state index >= 15 is 0 Å². The van der Waals surface area contributed by atoms with E-state index in [0.717, 1.165) is 23.5 Å². The molecule has 3 unspecified atom stereocenters. The Morgan fingerprint density at radius 2 is 2.10 bits per heavy atom. The topological polar surface area (TPSA) is 42.6 Å². The molecule has 2 aliphatic rings. The molecule has 1 saturated carbocycles. The van der Waals surface area contributed by atoms with Crippen molar-refractivity contribution in [1.82, 2.24) is 0 Å². The van der Waals surface area contributed by atoms with E-state index in [2.05, 4.69) is 13.0 Å². The molecule has 3 heteroatoms. The van der Waals surface area contributed by atoms with Crippen LogP contribution < -0.4 is 4.74 Å². The van der Waals surface area contributed by atoms with E-state index in [1.165, 1.54) is 12.0 Å². The number of fused-ring (bicyclic) bond motifs is 1. The maximum Gasteiger partial charge on any atom is 0.140 e. The van der Waals surface area contributed by atoms with Crippen LogP contribution in [-0.4, -0.2) is 11.7 Å². The van der Waals surface area contributed by atoms with Gasteiger partial charge in [-0.2, -0.15) is 0 Å². The van der Waals surface area contributed by atoms with E-state index in [1.807, 2.05) is 24.3 Å². The molecule has 1 aromatic heterocycles. The van der Waals surface area contributed by atoms with Crippen molar-refractivity contribution in [2.45, 2.75) is 31.8 Å². The van der Waals surface area contributed by atoms with Crippen LogP contribution >= 0.6 is 0 Å². The summed E-state index contributed by atoms with van der Waals surface area (Å²) in [5.74, 6) is 3.69. The second-order valence-corrected chi connectivity index (χ2v) is 5.90. The van der Waals surface area contributed by atoms with Crippen LogP contribution in [0.3, 0.4) is 0 Å². The molecule has 2 aromatic rings. The molecule has 0 bridgehead atoms. The third-order valence-electron chi connectivity index (χ3n) is 4.43. The summed E-state index contributed by atoms with van der Waals surface area (Å²) in [6.07, 6.45) is 1.36. The normalized spacial score (nSPS) is 25.1. The number of aliphatic hydroxyl groups excluding tert-OH is 1. The minimum Gasteiger partial charge on any atom is -0.493 e. The fourth-order valence-corrected chi connectivity index (χ4v) is 3.04. The smallest absolute Gasteiger partial charge is 0.140 e. The zero-order chi connectivity index (χ0) is 13.7. The van der Waals surface area contributed by atoms with Crippen LogP contribution in [0, 0.1) is 5.92 Å². The molecule has 1 aliphatic heterocycles. The van der Waals surface area contributed by atoms with Crippen LogP contribution in [0.15, 0.2) is 34.7 Å². The van der Waals surface area contributed by atoms with E-state index in [-0.39, 0.29) is 0 Å². The third kappa shape index (κ3) is 1.85. The molecule has 3 atom stereocenters. The summed E-state index contributed by atoms with van der Waals surface area (Å²) in [7, 11) is 0. The van der Waals surface area contributed by atoms with Crippen LogP contribution in [-0.2, 0) is 6.42 Å². The largest absolute Gasteiger partial charge is 0.493 e. The van der Waals surface area contributed by atoms with Gasteiger partial charge in [0.25, 0.3) is 0 Å². The SMILES string of the molecule is CC1CC1c1ccc(C(O)c2cccc3c2OCC3)o1. The summed E-state index contributed by atoms with van der Waals surface area (Å²) in [5, 5.41) is 10.6. The van der Waals surface area contributed by atoms with Gasteiger partial charge in [-0.3, -0.25) is 0 Å². The molecule has 0 radical (unpaired) electrons. The van der Waals surface area contributed by atoms with Crippen LogP contribution in [0.1, 0.15) is 48.0 Å². The highest BCUT2D eigenvalue weighted by molar-refractivity contribution is 5.47. The van der Waals surface area contributed by atoms with Gasteiger partial charge in [-0.25, -0.2) is 0 Å². The highest BCUT2D eigenvalue weighted by atomic mass is 16.5. The van der Waals surface area contributed by atoms with Gasteiger partial charge in [0.05, 0.1) is 6.61 Å². The van der Waals surface area contributed by atoms with Crippen molar-refractivity contribution >= 4 is 0 Å². The van der Waals surface area contributed by atoms with Gasteiger partial charge in [-0.15, -0.1) is 0 Å². The van der Waals surface area contributed by atoms with Gasteiger partial charge in [0.15, 0.2) is 0 Å². The quantitative estimate of drug-likeness (QED) is 0.929.